The van der Waals surface area contributed by atoms with Gasteiger partial charge in [0.25, 0.3) is 5.56 Å². The van der Waals surface area contributed by atoms with Gasteiger partial charge in [-0.15, -0.1) is 11.3 Å². The van der Waals surface area contributed by atoms with Gasteiger partial charge in [-0.05, 0) is 35.7 Å². The van der Waals surface area contributed by atoms with Crippen molar-refractivity contribution in [2.75, 3.05) is 5.32 Å². The summed E-state index contributed by atoms with van der Waals surface area (Å²) >= 11 is 1.58. The number of benzene rings is 2. The van der Waals surface area contributed by atoms with Crippen LogP contribution in [0.25, 0.3) is 27.8 Å². The predicted octanol–water partition coefficient (Wildman–Crippen LogP) is 4.41. The number of hydrogen-bond donors (Lipinski definition) is 1. The van der Waals surface area contributed by atoms with Gasteiger partial charge in [0.15, 0.2) is 0 Å². The molecule has 0 bridgehead atoms. The normalized spacial score (nSPS) is 14.7. The molecule has 0 aliphatic carbocycles. The van der Waals surface area contributed by atoms with Crippen LogP contribution in [-0.4, -0.2) is 13.7 Å². The molecule has 0 amide bonds. The van der Waals surface area contributed by atoms with E-state index in [4.69, 9.17) is 0 Å². The number of thiophene rings is 1. The van der Waals surface area contributed by atoms with Crippen molar-refractivity contribution < 1.29 is 4.39 Å². The molecule has 1 aliphatic rings. The molecule has 2 aromatic carbocycles. The Labute approximate surface area is 191 Å². The molecule has 0 unspecified atom stereocenters. The molecule has 1 aliphatic heterocycles. The molecule has 5 aromatic rings. The third-order valence-corrected chi connectivity index (χ3v) is 7.22. The molecular formula is C25H19FN4O2S. The number of aromatic nitrogens is 3. The predicted molar refractivity (Wildman–Crippen MR) is 129 cm³/mol. The highest BCUT2D eigenvalue weighted by Gasteiger charge is 2.35. The van der Waals surface area contributed by atoms with Crippen LogP contribution in [0.1, 0.15) is 16.6 Å². The molecule has 3 aromatic heterocycles. The SMILES string of the molecule is Cn1c(=O)c2c(-c3ccccc3F)n3c(c2n(C)c1=O)[C@H](c1cccs1)Nc1ccccc1-3. The van der Waals surface area contributed by atoms with Gasteiger partial charge in [0.1, 0.15) is 11.9 Å². The Morgan fingerprint density at radius 3 is 2.45 bits per heavy atom. The second-order valence-corrected chi connectivity index (χ2v) is 9.07. The Kier molecular flexibility index (Phi) is 4.22. The summed E-state index contributed by atoms with van der Waals surface area (Å²) in [5, 5.41) is 5.89. The first-order chi connectivity index (χ1) is 16.0. The van der Waals surface area contributed by atoms with Gasteiger partial charge in [-0.2, -0.15) is 0 Å². The molecule has 1 atom stereocenters. The molecule has 6 nitrogen and oxygen atoms in total. The van der Waals surface area contributed by atoms with Crippen LogP contribution in [0.3, 0.4) is 0 Å². The number of anilines is 1. The van der Waals surface area contributed by atoms with E-state index in [0.717, 1.165) is 26.5 Å². The Morgan fingerprint density at radius 2 is 1.70 bits per heavy atom. The second-order valence-electron chi connectivity index (χ2n) is 8.09. The van der Waals surface area contributed by atoms with E-state index in [9.17, 15) is 9.59 Å². The van der Waals surface area contributed by atoms with Crippen molar-refractivity contribution >= 4 is 27.9 Å². The summed E-state index contributed by atoms with van der Waals surface area (Å²) in [6, 6.07) is 17.8. The second kappa shape index (κ2) is 7.05. The standard InChI is InChI=1S/C25H19FN4O2S/c1-28-22-19(24(31)29(2)25(28)32)21(14-8-3-4-9-15(14)26)30-17-11-6-5-10-16(17)27-20(23(22)30)18-12-7-13-33-18/h3-13,20,27H,1-2H3/t20-/m0/s1. The van der Waals surface area contributed by atoms with Crippen molar-refractivity contribution in [3.63, 3.8) is 0 Å². The molecular weight excluding hydrogens is 439 g/mol. The maximum atomic E-state index is 15.2. The van der Waals surface area contributed by atoms with E-state index in [-0.39, 0.29) is 6.04 Å². The zero-order valence-electron chi connectivity index (χ0n) is 17.9. The third-order valence-electron chi connectivity index (χ3n) is 6.28. The molecule has 0 saturated carbocycles. The van der Waals surface area contributed by atoms with Gasteiger partial charge >= 0.3 is 5.69 Å². The van der Waals surface area contributed by atoms with E-state index in [1.54, 1.807) is 36.6 Å². The fourth-order valence-electron chi connectivity index (χ4n) is 4.80. The first-order valence-corrected chi connectivity index (χ1v) is 11.4. The maximum Gasteiger partial charge on any atom is 0.331 e. The highest BCUT2D eigenvalue weighted by molar-refractivity contribution is 7.10. The summed E-state index contributed by atoms with van der Waals surface area (Å²) in [7, 11) is 3.11. The molecule has 8 heteroatoms. The molecule has 1 N–H and O–H groups in total. The van der Waals surface area contributed by atoms with Crippen LogP contribution in [-0.2, 0) is 14.1 Å². The smallest absolute Gasteiger partial charge is 0.331 e. The largest absolute Gasteiger partial charge is 0.370 e. The van der Waals surface area contributed by atoms with E-state index < -0.39 is 17.1 Å². The van der Waals surface area contributed by atoms with Crippen molar-refractivity contribution in [1.29, 1.82) is 0 Å². The molecule has 0 saturated heterocycles. The Bertz CT molecular complexity index is 1680. The minimum atomic E-state index is -0.448. The van der Waals surface area contributed by atoms with Crippen LogP contribution in [0.2, 0.25) is 0 Å². The molecule has 0 fully saturated rings. The zero-order valence-corrected chi connectivity index (χ0v) is 18.7. The summed E-state index contributed by atoms with van der Waals surface area (Å²) < 4.78 is 19.7. The van der Waals surface area contributed by atoms with Gasteiger partial charge in [-0.1, -0.05) is 30.3 Å². The lowest BCUT2D eigenvalue weighted by Crippen LogP contribution is -2.37. The highest BCUT2D eigenvalue weighted by atomic mass is 32.1. The average molecular weight is 459 g/mol. The fraction of sp³-hybridized carbons (Fsp3) is 0.120. The van der Waals surface area contributed by atoms with Crippen molar-refractivity contribution in [3.05, 3.63) is 103 Å². The maximum absolute atomic E-state index is 15.2. The van der Waals surface area contributed by atoms with Crippen molar-refractivity contribution in [3.8, 4) is 16.9 Å². The molecule has 6 rings (SSSR count). The van der Waals surface area contributed by atoms with Gasteiger partial charge in [0, 0.05) is 24.5 Å². The van der Waals surface area contributed by atoms with Crippen LogP contribution in [0.15, 0.2) is 75.6 Å². The molecule has 33 heavy (non-hydrogen) atoms. The van der Waals surface area contributed by atoms with E-state index in [1.165, 1.54) is 17.7 Å². The number of nitrogens with one attached hydrogen (secondary N) is 1. The van der Waals surface area contributed by atoms with E-state index in [2.05, 4.69) is 5.32 Å². The number of para-hydroxylation sites is 2. The van der Waals surface area contributed by atoms with Gasteiger partial charge in [0.2, 0.25) is 0 Å². The van der Waals surface area contributed by atoms with E-state index in [0.29, 0.717) is 22.2 Å². The van der Waals surface area contributed by atoms with Gasteiger partial charge < -0.3 is 9.88 Å². The monoisotopic (exact) mass is 458 g/mol. The van der Waals surface area contributed by atoms with Crippen LogP contribution < -0.4 is 16.6 Å². The van der Waals surface area contributed by atoms with Crippen LogP contribution in [0.5, 0.6) is 0 Å². The molecule has 4 heterocycles. The number of aryl methyl sites for hydroxylation is 1. The third kappa shape index (κ3) is 2.64. The number of nitrogens with zero attached hydrogens (tertiary/aromatic N) is 3. The van der Waals surface area contributed by atoms with E-state index >= 15 is 4.39 Å². The lowest BCUT2D eigenvalue weighted by Gasteiger charge is -2.30. The molecule has 0 spiro atoms. The molecule has 0 radical (unpaired) electrons. The van der Waals surface area contributed by atoms with Crippen LogP contribution >= 0.6 is 11.3 Å². The summed E-state index contributed by atoms with van der Waals surface area (Å²) in [5.74, 6) is -0.431. The lowest BCUT2D eigenvalue weighted by atomic mass is 10.1. The van der Waals surface area contributed by atoms with Gasteiger partial charge in [-0.3, -0.25) is 13.9 Å². The van der Waals surface area contributed by atoms with E-state index in [1.807, 2.05) is 46.3 Å². The van der Waals surface area contributed by atoms with Crippen LogP contribution in [0, 0.1) is 5.82 Å². The molecule has 164 valence electrons. The quantitative estimate of drug-likeness (QED) is 0.426. The summed E-state index contributed by atoms with van der Waals surface area (Å²) in [6.45, 7) is 0. The minimum Gasteiger partial charge on any atom is -0.370 e. The number of rotatable bonds is 2. The first-order valence-electron chi connectivity index (χ1n) is 10.5. The summed E-state index contributed by atoms with van der Waals surface area (Å²) in [5.41, 5.74) is 2.78. The lowest BCUT2D eigenvalue weighted by molar-refractivity contribution is 0.630. The summed E-state index contributed by atoms with van der Waals surface area (Å²) in [4.78, 5) is 27.5. The average Bonchev–Trinajstić information content (AvgIpc) is 3.48. The Morgan fingerprint density at radius 1 is 0.939 bits per heavy atom. The van der Waals surface area contributed by atoms with Crippen molar-refractivity contribution in [2.24, 2.45) is 14.1 Å². The summed E-state index contributed by atoms with van der Waals surface area (Å²) in [6.07, 6.45) is 0. The van der Waals surface area contributed by atoms with Crippen LogP contribution in [0.4, 0.5) is 10.1 Å². The Balaban J connectivity index is 1.91. The van der Waals surface area contributed by atoms with Crippen molar-refractivity contribution in [1.82, 2.24) is 13.7 Å². The number of hydrogen-bond acceptors (Lipinski definition) is 4. The number of halogens is 1. The first kappa shape index (κ1) is 19.8. The van der Waals surface area contributed by atoms with Crippen molar-refractivity contribution in [2.45, 2.75) is 6.04 Å². The zero-order chi connectivity index (χ0) is 22.9. The number of fused-ring (bicyclic) bond motifs is 5. The minimum absolute atomic E-state index is 0.311. The highest BCUT2D eigenvalue weighted by Crippen LogP contribution is 2.46. The Hall–Kier alpha value is -3.91. The fourth-order valence-corrected chi connectivity index (χ4v) is 5.57. The van der Waals surface area contributed by atoms with Gasteiger partial charge in [-0.25, -0.2) is 9.18 Å². The van der Waals surface area contributed by atoms with Gasteiger partial charge in [0.05, 0.1) is 33.7 Å². The topological polar surface area (TPSA) is 61.0 Å².